The van der Waals surface area contributed by atoms with E-state index >= 15 is 0 Å². The first-order valence-corrected chi connectivity index (χ1v) is 5.10. The van der Waals surface area contributed by atoms with Crippen LogP contribution in [0.3, 0.4) is 0 Å². The van der Waals surface area contributed by atoms with E-state index < -0.39 is 0 Å². The molecule has 1 rings (SSSR count). The molecule has 0 aliphatic heterocycles. The fourth-order valence-corrected chi connectivity index (χ4v) is 1.32. The van der Waals surface area contributed by atoms with Gasteiger partial charge in [0.05, 0.1) is 7.11 Å². The fourth-order valence-electron chi connectivity index (χ4n) is 1.32. The quantitative estimate of drug-likeness (QED) is 0.825. The maximum Gasteiger partial charge on any atom is 0.127 e. The van der Waals surface area contributed by atoms with Gasteiger partial charge < -0.3 is 9.84 Å². The van der Waals surface area contributed by atoms with Crippen LogP contribution in [0, 0.1) is 0 Å². The summed E-state index contributed by atoms with van der Waals surface area (Å²) in [5, 5.41) is 9.32. The molecule has 3 nitrogen and oxygen atoms in total. The maximum absolute atomic E-state index is 9.32. The molecule has 0 saturated heterocycles. The Bertz CT molecular complexity index is 323. The predicted octanol–water partition coefficient (Wildman–Crippen LogP) is 2.24. The van der Waals surface area contributed by atoms with Gasteiger partial charge in [0.15, 0.2) is 0 Å². The zero-order chi connectivity index (χ0) is 11.4. The summed E-state index contributed by atoms with van der Waals surface area (Å²) in [4.78, 5) is 2.22. The van der Waals surface area contributed by atoms with E-state index in [1.54, 1.807) is 19.2 Å². The Hall–Kier alpha value is -1.22. The number of ether oxygens (including phenoxy) is 1. The smallest absolute Gasteiger partial charge is 0.127 e. The van der Waals surface area contributed by atoms with Crippen LogP contribution in [0.4, 0.5) is 0 Å². The van der Waals surface area contributed by atoms with Crippen LogP contribution >= 0.6 is 0 Å². The van der Waals surface area contributed by atoms with Gasteiger partial charge in [0.1, 0.15) is 11.5 Å². The van der Waals surface area contributed by atoms with Crippen molar-refractivity contribution < 1.29 is 9.84 Å². The molecule has 0 amide bonds. The lowest BCUT2D eigenvalue weighted by Gasteiger charge is -2.22. The summed E-state index contributed by atoms with van der Waals surface area (Å²) in [5.41, 5.74) is 1.09. The SMILES string of the molecule is COc1cc(O)ccc1CN(C)C(C)C. The molecule has 1 aromatic carbocycles. The second-order valence-electron chi connectivity index (χ2n) is 4.01. The Morgan fingerprint density at radius 1 is 1.40 bits per heavy atom. The Morgan fingerprint density at radius 3 is 2.60 bits per heavy atom. The molecule has 0 aliphatic rings. The first-order valence-electron chi connectivity index (χ1n) is 5.10. The maximum atomic E-state index is 9.32. The summed E-state index contributed by atoms with van der Waals surface area (Å²) >= 11 is 0. The van der Waals surface area contributed by atoms with Crippen LogP contribution in [0.2, 0.25) is 0 Å². The third-order valence-electron chi connectivity index (χ3n) is 2.57. The molecule has 0 saturated carbocycles. The van der Waals surface area contributed by atoms with Crippen molar-refractivity contribution in [1.82, 2.24) is 4.90 Å². The molecule has 1 N–H and O–H groups in total. The largest absolute Gasteiger partial charge is 0.508 e. The molecule has 3 heteroatoms. The molecule has 0 fully saturated rings. The third-order valence-corrected chi connectivity index (χ3v) is 2.57. The monoisotopic (exact) mass is 209 g/mol. The molecular formula is C12H19NO2. The van der Waals surface area contributed by atoms with Crippen LogP contribution in [0.25, 0.3) is 0 Å². The van der Waals surface area contributed by atoms with Gasteiger partial charge in [0.25, 0.3) is 0 Å². The topological polar surface area (TPSA) is 32.7 Å². The van der Waals surface area contributed by atoms with E-state index in [0.717, 1.165) is 17.9 Å². The minimum absolute atomic E-state index is 0.239. The molecule has 0 radical (unpaired) electrons. The number of aromatic hydroxyl groups is 1. The number of benzene rings is 1. The van der Waals surface area contributed by atoms with Gasteiger partial charge >= 0.3 is 0 Å². The molecule has 84 valence electrons. The summed E-state index contributed by atoms with van der Waals surface area (Å²) in [5.74, 6) is 0.977. The minimum Gasteiger partial charge on any atom is -0.508 e. The second-order valence-corrected chi connectivity index (χ2v) is 4.01. The lowest BCUT2D eigenvalue weighted by Crippen LogP contribution is -2.25. The van der Waals surface area contributed by atoms with Crippen molar-refractivity contribution in [3.8, 4) is 11.5 Å². The molecule has 0 heterocycles. The van der Waals surface area contributed by atoms with E-state index in [1.807, 2.05) is 6.07 Å². The third kappa shape index (κ3) is 3.13. The number of methoxy groups -OCH3 is 1. The molecule has 0 bridgehead atoms. The standard InChI is InChI=1S/C12H19NO2/c1-9(2)13(3)8-10-5-6-11(14)7-12(10)15-4/h5-7,9,14H,8H2,1-4H3. The van der Waals surface area contributed by atoms with Crippen molar-refractivity contribution in [2.45, 2.75) is 26.4 Å². The van der Waals surface area contributed by atoms with Crippen molar-refractivity contribution in [2.75, 3.05) is 14.2 Å². The number of phenolic OH excluding ortho intramolecular Hbond substituents is 1. The van der Waals surface area contributed by atoms with Crippen molar-refractivity contribution in [2.24, 2.45) is 0 Å². The summed E-state index contributed by atoms with van der Waals surface area (Å²) in [6, 6.07) is 5.71. The van der Waals surface area contributed by atoms with Gasteiger partial charge in [-0.2, -0.15) is 0 Å². The molecule has 0 aromatic heterocycles. The summed E-state index contributed by atoms with van der Waals surface area (Å²) in [6.07, 6.45) is 0. The highest BCUT2D eigenvalue weighted by molar-refractivity contribution is 5.39. The Labute approximate surface area is 91.3 Å². The van der Waals surface area contributed by atoms with Crippen LogP contribution in [0.15, 0.2) is 18.2 Å². The van der Waals surface area contributed by atoms with E-state index in [4.69, 9.17) is 4.74 Å². The van der Waals surface area contributed by atoms with E-state index in [-0.39, 0.29) is 5.75 Å². The van der Waals surface area contributed by atoms with Crippen LogP contribution in [-0.4, -0.2) is 30.2 Å². The van der Waals surface area contributed by atoms with Gasteiger partial charge in [-0.25, -0.2) is 0 Å². The van der Waals surface area contributed by atoms with Crippen LogP contribution in [0.1, 0.15) is 19.4 Å². The number of phenols is 1. The zero-order valence-electron chi connectivity index (χ0n) is 9.82. The molecular weight excluding hydrogens is 190 g/mol. The predicted molar refractivity (Wildman–Crippen MR) is 61.3 cm³/mol. The van der Waals surface area contributed by atoms with Crippen LogP contribution in [0.5, 0.6) is 11.5 Å². The average Bonchev–Trinajstić information content (AvgIpc) is 2.20. The number of rotatable bonds is 4. The summed E-state index contributed by atoms with van der Waals surface area (Å²) in [6.45, 7) is 5.11. The van der Waals surface area contributed by atoms with Crippen molar-refractivity contribution >= 4 is 0 Å². The highest BCUT2D eigenvalue weighted by atomic mass is 16.5. The van der Waals surface area contributed by atoms with Crippen LogP contribution < -0.4 is 4.74 Å². The van der Waals surface area contributed by atoms with E-state index in [0.29, 0.717) is 6.04 Å². The minimum atomic E-state index is 0.239. The van der Waals surface area contributed by atoms with Gasteiger partial charge in [-0.15, -0.1) is 0 Å². The summed E-state index contributed by atoms with van der Waals surface area (Å²) < 4.78 is 5.22. The number of nitrogens with zero attached hydrogens (tertiary/aromatic N) is 1. The van der Waals surface area contributed by atoms with Crippen molar-refractivity contribution in [3.05, 3.63) is 23.8 Å². The highest BCUT2D eigenvalue weighted by Crippen LogP contribution is 2.24. The average molecular weight is 209 g/mol. The van der Waals surface area contributed by atoms with Gasteiger partial charge in [0, 0.05) is 24.2 Å². The second kappa shape index (κ2) is 5.03. The Kier molecular flexibility index (Phi) is 3.97. The zero-order valence-corrected chi connectivity index (χ0v) is 9.82. The Balaban J connectivity index is 2.84. The number of hydrogen-bond donors (Lipinski definition) is 1. The number of hydrogen-bond acceptors (Lipinski definition) is 3. The Morgan fingerprint density at radius 2 is 2.07 bits per heavy atom. The van der Waals surface area contributed by atoms with Gasteiger partial charge in [-0.1, -0.05) is 6.07 Å². The lowest BCUT2D eigenvalue weighted by molar-refractivity contribution is 0.261. The van der Waals surface area contributed by atoms with Crippen LogP contribution in [-0.2, 0) is 6.54 Å². The van der Waals surface area contributed by atoms with E-state index in [9.17, 15) is 5.11 Å². The van der Waals surface area contributed by atoms with Crippen molar-refractivity contribution in [1.29, 1.82) is 0 Å². The van der Waals surface area contributed by atoms with E-state index in [2.05, 4.69) is 25.8 Å². The van der Waals surface area contributed by atoms with E-state index in [1.165, 1.54) is 0 Å². The van der Waals surface area contributed by atoms with Gasteiger partial charge in [0.2, 0.25) is 0 Å². The molecule has 0 atom stereocenters. The first-order chi connectivity index (χ1) is 7.04. The normalized spacial score (nSPS) is 11.1. The summed E-state index contributed by atoms with van der Waals surface area (Å²) in [7, 11) is 3.69. The fraction of sp³-hybridized carbons (Fsp3) is 0.500. The first kappa shape index (κ1) is 11.9. The molecule has 0 spiro atoms. The molecule has 0 unspecified atom stereocenters. The highest BCUT2D eigenvalue weighted by Gasteiger charge is 2.09. The van der Waals surface area contributed by atoms with Crippen molar-refractivity contribution in [3.63, 3.8) is 0 Å². The van der Waals surface area contributed by atoms with Gasteiger partial charge in [-0.3, -0.25) is 4.90 Å². The lowest BCUT2D eigenvalue weighted by atomic mass is 10.1. The molecule has 1 aromatic rings. The molecule has 0 aliphatic carbocycles. The van der Waals surface area contributed by atoms with Gasteiger partial charge in [-0.05, 0) is 27.0 Å². The molecule has 15 heavy (non-hydrogen) atoms.